The van der Waals surface area contributed by atoms with Crippen molar-refractivity contribution in [3.05, 3.63) is 77.4 Å². The molecule has 5 rings (SSSR count). The Morgan fingerprint density at radius 3 is 2.68 bits per heavy atom. The van der Waals surface area contributed by atoms with Gasteiger partial charge in [0, 0.05) is 59.8 Å². The van der Waals surface area contributed by atoms with Crippen molar-refractivity contribution in [1.29, 1.82) is 0 Å². The summed E-state index contributed by atoms with van der Waals surface area (Å²) in [4.78, 5) is 12.2. The van der Waals surface area contributed by atoms with Gasteiger partial charge in [0.2, 0.25) is 11.7 Å². The number of nitrogens with zero attached hydrogens (tertiary/aromatic N) is 4. The maximum Gasteiger partial charge on any atom is 0.221 e. The average Bonchev–Trinajstić information content (AvgIpc) is 3.64. The van der Waals surface area contributed by atoms with Crippen molar-refractivity contribution in [2.75, 3.05) is 25.0 Å². The van der Waals surface area contributed by atoms with Crippen LogP contribution in [0.25, 0.3) is 33.4 Å². The molecule has 2 aromatic heterocycles. The molecular weight excluding hydrogens is 502 g/mol. The minimum Gasteiger partial charge on any atom is -0.384 e. The lowest BCUT2D eigenvalue weighted by molar-refractivity contribution is -0.120. The lowest BCUT2D eigenvalue weighted by Crippen LogP contribution is -2.29. The molecule has 3 aromatic carbocycles. The van der Waals surface area contributed by atoms with Crippen molar-refractivity contribution in [2.24, 2.45) is 0 Å². The fourth-order valence-corrected chi connectivity index (χ4v) is 4.51. The third-order valence-corrected chi connectivity index (χ3v) is 6.44. The topological polar surface area (TPSA) is 136 Å². The van der Waals surface area contributed by atoms with E-state index >= 15 is 0 Å². The van der Waals surface area contributed by atoms with Crippen LogP contribution in [0.4, 0.5) is 5.69 Å². The maximum atomic E-state index is 12.2. The second-order valence-electron chi connectivity index (χ2n) is 8.83. The molecule has 194 valence electrons. The fourth-order valence-electron chi connectivity index (χ4n) is 4.19. The standard InChI is InChI=1S/C27H28ClN9O/c28-23-13-18(7-8-21(23)19-5-2-1-3-6-19)16-29-12-9-26(38)31-11-4-10-30-24-14-20(27-34-36-37-35-27)15-25-22(24)17-32-33-25/h1-3,5-8,13-15,17,29-30H,4,9-12,16H2,(H,31,38)(H,32,33)(H,34,35,36,37). The highest BCUT2D eigenvalue weighted by Crippen LogP contribution is 2.29. The second-order valence-corrected chi connectivity index (χ2v) is 9.23. The van der Waals surface area contributed by atoms with Gasteiger partial charge in [-0.1, -0.05) is 54.1 Å². The average molecular weight is 530 g/mol. The number of fused-ring (bicyclic) bond motifs is 1. The molecule has 0 aliphatic heterocycles. The normalized spacial score (nSPS) is 11.1. The summed E-state index contributed by atoms with van der Waals surface area (Å²) in [6.07, 6.45) is 2.96. The van der Waals surface area contributed by atoms with Gasteiger partial charge >= 0.3 is 0 Å². The third kappa shape index (κ3) is 6.34. The minimum absolute atomic E-state index is 0.0197. The Bertz CT molecular complexity index is 1490. The lowest BCUT2D eigenvalue weighted by Gasteiger charge is -2.10. The van der Waals surface area contributed by atoms with Crippen LogP contribution >= 0.6 is 11.6 Å². The first-order chi connectivity index (χ1) is 18.7. The summed E-state index contributed by atoms with van der Waals surface area (Å²) in [5, 5.41) is 32.7. The number of carbonyl (C=O) groups excluding carboxylic acids is 1. The number of H-pyrrole nitrogens is 2. The number of nitrogens with one attached hydrogen (secondary N) is 5. The van der Waals surface area contributed by atoms with Crippen molar-refractivity contribution < 1.29 is 4.79 Å². The van der Waals surface area contributed by atoms with Gasteiger partial charge in [-0.3, -0.25) is 9.89 Å². The van der Waals surface area contributed by atoms with E-state index in [2.05, 4.69) is 52.8 Å². The molecule has 5 aromatic rings. The molecule has 0 saturated heterocycles. The maximum absolute atomic E-state index is 12.2. The zero-order chi connectivity index (χ0) is 26.2. The van der Waals surface area contributed by atoms with Crippen molar-refractivity contribution in [2.45, 2.75) is 19.4 Å². The lowest BCUT2D eigenvalue weighted by atomic mass is 10.0. The molecule has 0 radical (unpaired) electrons. The molecule has 0 fully saturated rings. The van der Waals surface area contributed by atoms with E-state index in [0.29, 0.717) is 38.4 Å². The van der Waals surface area contributed by atoms with Crippen LogP contribution in [0.15, 0.2) is 66.9 Å². The molecule has 5 N–H and O–H groups in total. The van der Waals surface area contributed by atoms with Crippen molar-refractivity contribution in [3.8, 4) is 22.5 Å². The van der Waals surface area contributed by atoms with Crippen LogP contribution in [0.2, 0.25) is 5.02 Å². The largest absolute Gasteiger partial charge is 0.384 e. The Hall–Kier alpha value is -4.28. The molecule has 2 heterocycles. The van der Waals surface area contributed by atoms with E-state index in [9.17, 15) is 4.79 Å². The zero-order valence-corrected chi connectivity index (χ0v) is 21.4. The van der Waals surface area contributed by atoms with Gasteiger partial charge in [0.15, 0.2) is 0 Å². The predicted molar refractivity (Wildman–Crippen MR) is 149 cm³/mol. The summed E-state index contributed by atoms with van der Waals surface area (Å²) in [6, 6.07) is 20.0. The van der Waals surface area contributed by atoms with Gasteiger partial charge in [0.25, 0.3) is 0 Å². The molecule has 0 spiro atoms. The van der Waals surface area contributed by atoms with Crippen LogP contribution in [-0.4, -0.2) is 56.4 Å². The molecule has 38 heavy (non-hydrogen) atoms. The molecule has 0 unspecified atom stereocenters. The van der Waals surface area contributed by atoms with E-state index < -0.39 is 0 Å². The summed E-state index contributed by atoms with van der Waals surface area (Å²) in [7, 11) is 0. The molecule has 10 nitrogen and oxygen atoms in total. The van der Waals surface area contributed by atoms with Crippen LogP contribution < -0.4 is 16.0 Å². The third-order valence-electron chi connectivity index (χ3n) is 6.13. The first-order valence-electron chi connectivity index (χ1n) is 12.4. The molecule has 0 bridgehead atoms. The first-order valence-corrected chi connectivity index (χ1v) is 12.8. The Morgan fingerprint density at radius 2 is 1.87 bits per heavy atom. The van der Waals surface area contributed by atoms with Crippen LogP contribution in [-0.2, 0) is 11.3 Å². The van der Waals surface area contributed by atoms with Crippen molar-refractivity contribution >= 4 is 34.1 Å². The minimum atomic E-state index is 0.0197. The van der Waals surface area contributed by atoms with Crippen LogP contribution in [0.1, 0.15) is 18.4 Å². The highest BCUT2D eigenvalue weighted by molar-refractivity contribution is 6.33. The van der Waals surface area contributed by atoms with E-state index in [4.69, 9.17) is 11.6 Å². The molecule has 0 atom stereocenters. The Labute approximate surface area is 224 Å². The fraction of sp³-hybridized carbons (Fsp3) is 0.222. The number of amides is 1. The Kier molecular flexibility index (Phi) is 8.22. The highest BCUT2D eigenvalue weighted by Gasteiger charge is 2.10. The first kappa shape index (κ1) is 25.4. The Morgan fingerprint density at radius 1 is 0.974 bits per heavy atom. The van der Waals surface area contributed by atoms with Crippen LogP contribution in [0, 0.1) is 0 Å². The molecular formula is C27H28ClN9O. The molecule has 0 saturated carbocycles. The van der Waals surface area contributed by atoms with Gasteiger partial charge in [0.05, 0.1) is 11.7 Å². The van der Waals surface area contributed by atoms with Crippen molar-refractivity contribution in [1.82, 2.24) is 41.5 Å². The van der Waals surface area contributed by atoms with Gasteiger partial charge in [-0.25, -0.2) is 0 Å². The monoisotopic (exact) mass is 529 g/mol. The zero-order valence-electron chi connectivity index (χ0n) is 20.7. The number of benzene rings is 3. The molecule has 0 aliphatic rings. The molecule has 0 aliphatic carbocycles. The van der Waals surface area contributed by atoms with Gasteiger partial charge in [-0.15, -0.1) is 10.2 Å². The van der Waals surface area contributed by atoms with E-state index in [1.165, 1.54) is 0 Å². The second kappa shape index (κ2) is 12.3. The number of carbonyl (C=O) groups is 1. The SMILES string of the molecule is O=C(CCNCc1ccc(-c2ccccc2)c(Cl)c1)NCCCNc1cc(-c2nn[nH]n2)cc2[nH]ncc12. The number of aromatic amines is 2. The van der Waals surface area contributed by atoms with E-state index in [1.54, 1.807) is 6.20 Å². The smallest absolute Gasteiger partial charge is 0.221 e. The summed E-state index contributed by atoms with van der Waals surface area (Å²) >= 11 is 6.49. The van der Waals surface area contributed by atoms with Crippen molar-refractivity contribution in [3.63, 3.8) is 0 Å². The summed E-state index contributed by atoms with van der Waals surface area (Å²) in [5.41, 5.74) is 5.81. The highest BCUT2D eigenvalue weighted by atomic mass is 35.5. The summed E-state index contributed by atoms with van der Waals surface area (Å²) in [6.45, 7) is 2.51. The molecule has 1 amide bonds. The van der Waals surface area contributed by atoms with Gasteiger partial charge < -0.3 is 16.0 Å². The summed E-state index contributed by atoms with van der Waals surface area (Å²) < 4.78 is 0. The molecule has 11 heteroatoms. The van der Waals surface area contributed by atoms with Crippen LogP contribution in [0.5, 0.6) is 0 Å². The number of tetrazole rings is 1. The number of hydrogen-bond donors (Lipinski definition) is 5. The van der Waals surface area contributed by atoms with Gasteiger partial charge in [0.1, 0.15) is 0 Å². The predicted octanol–water partition coefficient (Wildman–Crippen LogP) is 4.16. The quantitative estimate of drug-likeness (QED) is 0.153. The van der Waals surface area contributed by atoms with E-state index in [1.807, 2.05) is 54.6 Å². The van der Waals surface area contributed by atoms with Crippen LogP contribution in [0.3, 0.4) is 0 Å². The summed E-state index contributed by atoms with van der Waals surface area (Å²) in [5.74, 6) is 0.531. The van der Waals surface area contributed by atoms with Gasteiger partial charge in [-0.2, -0.15) is 10.3 Å². The van der Waals surface area contributed by atoms with E-state index in [-0.39, 0.29) is 5.91 Å². The number of anilines is 1. The van der Waals surface area contributed by atoms with E-state index in [0.717, 1.165) is 50.3 Å². The number of halogens is 1. The van der Waals surface area contributed by atoms with Gasteiger partial charge in [-0.05, 0) is 41.0 Å². The number of rotatable bonds is 12. The number of hydrogen-bond acceptors (Lipinski definition) is 7. The number of aromatic nitrogens is 6. The Balaban J connectivity index is 1.01.